The highest BCUT2D eigenvalue weighted by Gasteiger charge is 2.13. The van der Waals surface area contributed by atoms with Crippen LogP contribution in [0.1, 0.15) is 12.5 Å². The lowest BCUT2D eigenvalue weighted by Gasteiger charge is -2.30. The third-order valence-corrected chi connectivity index (χ3v) is 3.37. The highest BCUT2D eigenvalue weighted by molar-refractivity contribution is 6.01. The number of nitrogens with zero attached hydrogens (tertiary/aromatic N) is 3. The van der Waals surface area contributed by atoms with Crippen LogP contribution in [0.2, 0.25) is 0 Å². The Morgan fingerprint density at radius 2 is 1.95 bits per heavy atom. The topological polar surface area (TPSA) is 48.3 Å². The average molecular weight is 263 g/mol. The van der Waals surface area contributed by atoms with Gasteiger partial charge in [-0.1, -0.05) is 0 Å². The fourth-order valence-corrected chi connectivity index (χ4v) is 2.11. The van der Waals surface area contributed by atoms with Crippen molar-refractivity contribution >= 4 is 5.71 Å². The van der Waals surface area contributed by atoms with E-state index in [1.165, 1.54) is 0 Å². The van der Waals surface area contributed by atoms with Crippen LogP contribution in [0.25, 0.3) is 0 Å². The van der Waals surface area contributed by atoms with Crippen molar-refractivity contribution in [3.63, 3.8) is 0 Å². The fraction of sp³-hybridized carbons (Fsp3) is 0.500. The van der Waals surface area contributed by atoms with Crippen molar-refractivity contribution in [2.24, 2.45) is 5.10 Å². The van der Waals surface area contributed by atoms with Gasteiger partial charge >= 0.3 is 0 Å². The summed E-state index contributed by atoms with van der Waals surface area (Å²) in [5, 5.41) is 16.6. The molecule has 0 aromatic heterocycles. The second-order valence-electron chi connectivity index (χ2n) is 4.83. The van der Waals surface area contributed by atoms with Crippen molar-refractivity contribution in [1.29, 1.82) is 0 Å². The van der Waals surface area contributed by atoms with Crippen molar-refractivity contribution in [2.45, 2.75) is 6.92 Å². The molecule has 0 amide bonds. The number of phenols is 1. The standard InChI is InChI=1S/C14H21N3O2/c1-11(15-17-8-6-16(2)7-9-17)13-5-4-12(19-3)10-14(13)18/h4-5,10,18H,6-9H2,1-3H3/b15-11+. The van der Waals surface area contributed by atoms with Gasteiger partial charge in [0, 0.05) is 37.8 Å². The molecule has 2 rings (SSSR count). The van der Waals surface area contributed by atoms with E-state index in [4.69, 9.17) is 4.74 Å². The first kappa shape index (κ1) is 13.7. The first-order chi connectivity index (χ1) is 9.10. The number of hydrogen-bond acceptors (Lipinski definition) is 5. The molecule has 1 N–H and O–H groups in total. The summed E-state index contributed by atoms with van der Waals surface area (Å²) in [5.41, 5.74) is 1.57. The molecule has 0 radical (unpaired) electrons. The summed E-state index contributed by atoms with van der Waals surface area (Å²) in [4.78, 5) is 2.28. The van der Waals surface area contributed by atoms with Crippen LogP contribution in [0.15, 0.2) is 23.3 Å². The van der Waals surface area contributed by atoms with Gasteiger partial charge in [-0.25, -0.2) is 0 Å². The number of methoxy groups -OCH3 is 1. The molecular weight excluding hydrogens is 242 g/mol. The molecule has 0 atom stereocenters. The lowest BCUT2D eigenvalue weighted by Crippen LogP contribution is -2.42. The molecule has 1 aromatic carbocycles. The average Bonchev–Trinajstić information content (AvgIpc) is 2.41. The van der Waals surface area contributed by atoms with E-state index in [0.29, 0.717) is 5.75 Å². The number of benzene rings is 1. The lowest BCUT2D eigenvalue weighted by atomic mass is 10.1. The summed E-state index contributed by atoms with van der Waals surface area (Å²) in [6, 6.07) is 5.28. The van der Waals surface area contributed by atoms with Gasteiger partial charge in [0.2, 0.25) is 0 Å². The maximum atomic E-state index is 9.98. The minimum atomic E-state index is 0.203. The first-order valence-electron chi connectivity index (χ1n) is 6.46. The van der Waals surface area contributed by atoms with Gasteiger partial charge < -0.3 is 14.7 Å². The number of hydrazone groups is 1. The number of aromatic hydroxyl groups is 1. The molecule has 104 valence electrons. The molecule has 1 fully saturated rings. The van der Waals surface area contributed by atoms with E-state index in [1.807, 2.05) is 19.1 Å². The second kappa shape index (κ2) is 5.93. The van der Waals surface area contributed by atoms with Crippen LogP contribution in [0.3, 0.4) is 0 Å². The number of ether oxygens (including phenoxy) is 1. The van der Waals surface area contributed by atoms with Gasteiger partial charge in [0.25, 0.3) is 0 Å². The Morgan fingerprint density at radius 3 is 2.53 bits per heavy atom. The Hall–Kier alpha value is -1.75. The van der Waals surface area contributed by atoms with Crippen molar-refractivity contribution in [1.82, 2.24) is 9.91 Å². The molecule has 0 unspecified atom stereocenters. The fourth-order valence-electron chi connectivity index (χ4n) is 2.11. The Kier molecular flexibility index (Phi) is 4.27. The normalized spacial score (nSPS) is 17.6. The molecule has 1 aromatic rings. The lowest BCUT2D eigenvalue weighted by molar-refractivity contribution is 0.159. The molecule has 0 bridgehead atoms. The SMILES string of the molecule is COc1ccc(/C(C)=N/N2CCN(C)CC2)c(O)c1. The zero-order valence-electron chi connectivity index (χ0n) is 11.8. The van der Waals surface area contributed by atoms with Crippen molar-refractivity contribution < 1.29 is 9.84 Å². The van der Waals surface area contributed by atoms with E-state index in [0.717, 1.165) is 37.5 Å². The van der Waals surface area contributed by atoms with E-state index in [-0.39, 0.29) is 5.75 Å². The van der Waals surface area contributed by atoms with Gasteiger partial charge in [-0.05, 0) is 26.1 Å². The molecular formula is C14H21N3O2. The zero-order valence-corrected chi connectivity index (χ0v) is 11.8. The summed E-state index contributed by atoms with van der Waals surface area (Å²) < 4.78 is 5.08. The number of rotatable bonds is 3. The van der Waals surface area contributed by atoms with Crippen LogP contribution in [0, 0.1) is 0 Å². The highest BCUT2D eigenvalue weighted by atomic mass is 16.5. The zero-order chi connectivity index (χ0) is 13.8. The predicted octanol–water partition coefficient (Wildman–Crippen LogP) is 1.37. The Bertz CT molecular complexity index is 466. The van der Waals surface area contributed by atoms with E-state index in [2.05, 4.69) is 22.1 Å². The predicted molar refractivity (Wildman–Crippen MR) is 75.9 cm³/mol. The molecule has 1 aliphatic rings. The summed E-state index contributed by atoms with van der Waals surface area (Å²) in [6.45, 7) is 5.80. The van der Waals surface area contributed by atoms with Gasteiger partial charge in [0.1, 0.15) is 11.5 Å². The van der Waals surface area contributed by atoms with Crippen molar-refractivity contribution in [3.05, 3.63) is 23.8 Å². The number of phenolic OH excluding ortho intramolecular Hbond substituents is 1. The van der Waals surface area contributed by atoms with Gasteiger partial charge in [-0.15, -0.1) is 0 Å². The summed E-state index contributed by atoms with van der Waals surface area (Å²) >= 11 is 0. The van der Waals surface area contributed by atoms with E-state index >= 15 is 0 Å². The third-order valence-electron chi connectivity index (χ3n) is 3.37. The number of likely N-dealkylation sites (N-methyl/N-ethyl adjacent to an activating group) is 1. The Labute approximate surface area is 114 Å². The Balaban J connectivity index is 2.12. The van der Waals surface area contributed by atoms with Crippen LogP contribution in [-0.4, -0.2) is 61.1 Å². The van der Waals surface area contributed by atoms with Gasteiger partial charge in [0.05, 0.1) is 12.8 Å². The third kappa shape index (κ3) is 3.38. The molecule has 1 aliphatic heterocycles. The molecule has 5 heteroatoms. The maximum Gasteiger partial charge on any atom is 0.128 e. The number of piperazine rings is 1. The quantitative estimate of drug-likeness (QED) is 0.837. The number of hydrogen-bond donors (Lipinski definition) is 1. The molecule has 1 saturated heterocycles. The molecule has 5 nitrogen and oxygen atoms in total. The van der Waals surface area contributed by atoms with Crippen LogP contribution in [-0.2, 0) is 0 Å². The minimum absolute atomic E-state index is 0.203. The van der Waals surface area contributed by atoms with Crippen LogP contribution < -0.4 is 4.74 Å². The van der Waals surface area contributed by atoms with Gasteiger partial charge in [-0.3, -0.25) is 5.01 Å². The largest absolute Gasteiger partial charge is 0.507 e. The van der Waals surface area contributed by atoms with Crippen LogP contribution >= 0.6 is 0 Å². The summed E-state index contributed by atoms with van der Waals surface area (Å²) in [5.74, 6) is 0.850. The smallest absolute Gasteiger partial charge is 0.128 e. The highest BCUT2D eigenvalue weighted by Crippen LogP contribution is 2.24. The molecule has 0 saturated carbocycles. The van der Waals surface area contributed by atoms with E-state index < -0.39 is 0 Å². The van der Waals surface area contributed by atoms with E-state index in [1.54, 1.807) is 13.2 Å². The summed E-state index contributed by atoms with van der Waals surface area (Å²) in [7, 11) is 3.70. The van der Waals surface area contributed by atoms with Crippen molar-refractivity contribution in [3.8, 4) is 11.5 Å². The van der Waals surface area contributed by atoms with Crippen LogP contribution in [0.4, 0.5) is 0 Å². The van der Waals surface area contributed by atoms with Crippen molar-refractivity contribution in [2.75, 3.05) is 40.3 Å². The monoisotopic (exact) mass is 263 g/mol. The van der Waals surface area contributed by atoms with Gasteiger partial charge in [-0.2, -0.15) is 5.10 Å². The molecule has 0 aliphatic carbocycles. The molecule has 19 heavy (non-hydrogen) atoms. The first-order valence-corrected chi connectivity index (χ1v) is 6.46. The van der Waals surface area contributed by atoms with Crippen LogP contribution in [0.5, 0.6) is 11.5 Å². The second-order valence-corrected chi connectivity index (χ2v) is 4.83. The summed E-state index contributed by atoms with van der Waals surface area (Å²) in [6.07, 6.45) is 0. The Morgan fingerprint density at radius 1 is 1.26 bits per heavy atom. The maximum absolute atomic E-state index is 9.98. The minimum Gasteiger partial charge on any atom is -0.507 e. The molecule has 1 heterocycles. The van der Waals surface area contributed by atoms with E-state index in [9.17, 15) is 5.11 Å². The molecule has 0 spiro atoms. The van der Waals surface area contributed by atoms with Gasteiger partial charge in [0.15, 0.2) is 0 Å².